The maximum atomic E-state index is 13.1. The van der Waals surface area contributed by atoms with Crippen molar-refractivity contribution in [2.45, 2.75) is 341 Å². The van der Waals surface area contributed by atoms with Gasteiger partial charge in [0.25, 0.3) is 0 Å². The molecule has 0 saturated carbocycles. The van der Waals surface area contributed by atoms with E-state index in [1.165, 1.54) is 83.5 Å². The highest BCUT2D eigenvalue weighted by Gasteiger charge is 2.30. The number of phosphoric acid groups is 2. The summed E-state index contributed by atoms with van der Waals surface area (Å²) in [6, 6.07) is 0. The van der Waals surface area contributed by atoms with Crippen LogP contribution in [0.25, 0.3) is 0 Å². The Bertz CT molecular complexity index is 2160. The summed E-state index contributed by atoms with van der Waals surface area (Å²) in [4.78, 5) is 72.8. The van der Waals surface area contributed by atoms with Crippen molar-refractivity contribution in [3.05, 3.63) is 85.1 Å². The van der Waals surface area contributed by atoms with E-state index in [0.29, 0.717) is 25.7 Å². The van der Waals surface area contributed by atoms with Crippen LogP contribution in [0.2, 0.25) is 0 Å². The molecule has 5 unspecified atom stereocenters. The summed E-state index contributed by atoms with van der Waals surface area (Å²) in [7, 11) is -9.95. The maximum absolute atomic E-state index is 13.1. The van der Waals surface area contributed by atoms with Crippen LogP contribution in [0, 0.1) is 0 Å². The molecule has 0 heterocycles. The van der Waals surface area contributed by atoms with Gasteiger partial charge in [-0.15, -0.1) is 0 Å². The van der Waals surface area contributed by atoms with E-state index in [1.807, 2.05) is 0 Å². The monoisotopic (exact) mass is 1390 g/mol. The van der Waals surface area contributed by atoms with Gasteiger partial charge in [0.05, 0.1) is 26.4 Å². The number of rotatable bonds is 71. The lowest BCUT2D eigenvalue weighted by Gasteiger charge is -2.21. The van der Waals surface area contributed by atoms with Gasteiger partial charge >= 0.3 is 39.5 Å². The zero-order chi connectivity index (χ0) is 70.4. The first-order chi connectivity index (χ1) is 46.7. The van der Waals surface area contributed by atoms with Crippen LogP contribution in [-0.4, -0.2) is 96.7 Å². The van der Waals surface area contributed by atoms with Gasteiger partial charge in [0.1, 0.15) is 19.3 Å². The van der Waals surface area contributed by atoms with Gasteiger partial charge in [-0.25, -0.2) is 9.13 Å². The highest BCUT2D eigenvalue weighted by Crippen LogP contribution is 2.45. The molecule has 96 heavy (non-hydrogen) atoms. The molecule has 0 fully saturated rings. The molecule has 0 aromatic heterocycles. The summed E-state index contributed by atoms with van der Waals surface area (Å²) in [6.07, 6.45) is 70.1. The largest absolute Gasteiger partial charge is 0.472 e. The molecule has 0 radical (unpaired) electrons. The third-order valence-electron chi connectivity index (χ3n) is 15.9. The quantitative estimate of drug-likeness (QED) is 0.0169. The fourth-order valence-corrected chi connectivity index (χ4v) is 11.7. The van der Waals surface area contributed by atoms with E-state index < -0.39 is 97.5 Å². The Morgan fingerprint density at radius 3 is 0.875 bits per heavy atom. The molecule has 0 amide bonds. The second-order valence-electron chi connectivity index (χ2n) is 25.2. The lowest BCUT2D eigenvalue weighted by Crippen LogP contribution is -2.30. The minimum atomic E-state index is -4.98. The van der Waals surface area contributed by atoms with E-state index >= 15 is 0 Å². The molecule has 19 heteroatoms. The Labute approximate surface area is 583 Å². The summed E-state index contributed by atoms with van der Waals surface area (Å²) >= 11 is 0. The van der Waals surface area contributed by atoms with Crippen molar-refractivity contribution in [3.8, 4) is 0 Å². The van der Waals surface area contributed by atoms with E-state index in [4.69, 9.17) is 37.0 Å². The molecule has 3 N–H and O–H groups in total. The van der Waals surface area contributed by atoms with Crippen LogP contribution in [0.15, 0.2) is 85.1 Å². The number of unbranched alkanes of at least 4 members (excludes halogenated alkanes) is 31. The number of hydrogen-bond acceptors (Lipinski definition) is 15. The standard InChI is InChI=1S/C77H136O17P2/c1-5-9-13-17-21-25-29-32-35-38-42-45-49-53-57-61-74(79)87-67-72(93-76(81)63-59-55-51-47-41-28-24-20-16-12-8-4)69-91-95(83,84)89-65-71(78)66-90-96(85,86)92-70-73(94-77(82)64-60-56-52-48-44-40-37-34-31-27-23-19-15-11-7-3)68-88-75(80)62-58-54-50-46-43-39-36-33-30-26-22-18-14-10-6-2/h10-11,14-15,20,22-24,26-27,33-34,36-37,71-73,78H,5-9,12-13,16-19,21,25,28-32,35,38-70H2,1-4H3,(H,83,84)(H,85,86)/b14-10-,15-11-,24-20-,26-22-,27-23-,36-33-,37-34-. The Morgan fingerprint density at radius 2 is 0.552 bits per heavy atom. The van der Waals surface area contributed by atoms with Gasteiger partial charge in [0.15, 0.2) is 12.2 Å². The van der Waals surface area contributed by atoms with Crippen LogP contribution in [-0.2, 0) is 65.4 Å². The maximum Gasteiger partial charge on any atom is 0.472 e. The van der Waals surface area contributed by atoms with Gasteiger partial charge in [-0.05, 0) is 109 Å². The summed E-state index contributed by atoms with van der Waals surface area (Å²) in [5, 5.41) is 10.6. The zero-order valence-corrected chi connectivity index (χ0v) is 62.3. The minimum Gasteiger partial charge on any atom is -0.462 e. The Morgan fingerprint density at radius 1 is 0.302 bits per heavy atom. The first-order valence-electron chi connectivity index (χ1n) is 37.8. The number of aliphatic hydroxyl groups excluding tert-OH is 1. The normalized spacial score (nSPS) is 14.4. The predicted molar refractivity (Wildman–Crippen MR) is 390 cm³/mol. The predicted octanol–water partition coefficient (Wildman–Crippen LogP) is 21.4. The molecular formula is C77H136O17P2. The smallest absolute Gasteiger partial charge is 0.462 e. The van der Waals surface area contributed by atoms with Gasteiger partial charge in [-0.3, -0.25) is 37.3 Å². The molecule has 0 aromatic carbocycles. The molecule has 0 bridgehead atoms. The Kier molecular flexibility index (Phi) is 67.0. The van der Waals surface area contributed by atoms with Crippen LogP contribution < -0.4 is 0 Å². The van der Waals surface area contributed by atoms with Crippen molar-refractivity contribution >= 4 is 39.5 Å². The molecule has 0 aromatic rings. The number of esters is 4. The fourth-order valence-electron chi connectivity index (χ4n) is 10.1. The number of carbonyl (C=O) groups is 4. The van der Waals surface area contributed by atoms with Gasteiger partial charge in [0, 0.05) is 25.7 Å². The first-order valence-corrected chi connectivity index (χ1v) is 40.8. The van der Waals surface area contributed by atoms with Gasteiger partial charge in [-0.2, -0.15) is 0 Å². The van der Waals surface area contributed by atoms with Crippen molar-refractivity contribution in [1.29, 1.82) is 0 Å². The summed E-state index contributed by atoms with van der Waals surface area (Å²) in [5.74, 6) is -2.20. The molecule has 0 aliphatic rings. The summed E-state index contributed by atoms with van der Waals surface area (Å²) in [6.45, 7) is 4.59. The molecule has 0 rings (SSSR count). The summed E-state index contributed by atoms with van der Waals surface area (Å²) in [5.41, 5.74) is 0. The lowest BCUT2D eigenvalue weighted by atomic mass is 10.0. The molecule has 5 atom stereocenters. The molecular weight excluding hydrogens is 1260 g/mol. The van der Waals surface area contributed by atoms with Gasteiger partial charge < -0.3 is 33.8 Å². The van der Waals surface area contributed by atoms with Crippen molar-refractivity contribution in [2.75, 3.05) is 39.6 Å². The SMILES string of the molecule is CC/C=C\C/C=C\C/C=C\CCCCCCCC(=O)OCC(COP(=O)(O)OCC(O)COP(=O)(O)OCC(COC(=O)CCCCCCCCCCCCCCCCC)OC(=O)CCCCCCC/C=C\CCCC)OC(=O)CCCCCCC/C=C\C/C=C\C/C=C\CC. The number of aliphatic hydroxyl groups is 1. The number of ether oxygens (including phenoxy) is 4. The van der Waals surface area contributed by atoms with Crippen molar-refractivity contribution < 1.29 is 80.2 Å². The van der Waals surface area contributed by atoms with Crippen LogP contribution in [0.1, 0.15) is 323 Å². The van der Waals surface area contributed by atoms with Crippen molar-refractivity contribution in [2.24, 2.45) is 0 Å². The van der Waals surface area contributed by atoms with Gasteiger partial charge in [0.2, 0.25) is 0 Å². The molecule has 0 aliphatic heterocycles. The first kappa shape index (κ1) is 92.2. The molecule has 556 valence electrons. The third kappa shape index (κ3) is 68.8. The second-order valence-corrected chi connectivity index (χ2v) is 28.1. The average molecular weight is 1400 g/mol. The molecule has 0 saturated heterocycles. The van der Waals surface area contributed by atoms with E-state index in [0.717, 1.165) is 161 Å². The average Bonchev–Trinajstić information content (AvgIpc) is 1.09. The summed E-state index contributed by atoms with van der Waals surface area (Å²) < 4.78 is 68.4. The lowest BCUT2D eigenvalue weighted by molar-refractivity contribution is -0.161. The Hall–Kier alpha value is -3.76. The van der Waals surface area contributed by atoms with E-state index in [1.54, 1.807) is 0 Å². The fraction of sp³-hybridized carbons (Fsp3) is 0.766. The highest BCUT2D eigenvalue weighted by molar-refractivity contribution is 7.47. The number of allylic oxidation sites excluding steroid dienone is 14. The second kappa shape index (κ2) is 69.7. The van der Waals surface area contributed by atoms with Crippen LogP contribution >= 0.6 is 15.6 Å². The van der Waals surface area contributed by atoms with E-state index in [2.05, 4.69) is 113 Å². The van der Waals surface area contributed by atoms with Crippen molar-refractivity contribution in [1.82, 2.24) is 0 Å². The number of carbonyl (C=O) groups excluding carboxylic acids is 4. The molecule has 0 aliphatic carbocycles. The number of hydrogen-bond donors (Lipinski definition) is 3. The van der Waals surface area contributed by atoms with E-state index in [-0.39, 0.29) is 25.7 Å². The third-order valence-corrected chi connectivity index (χ3v) is 17.8. The zero-order valence-electron chi connectivity index (χ0n) is 60.5. The van der Waals surface area contributed by atoms with Crippen LogP contribution in [0.5, 0.6) is 0 Å². The van der Waals surface area contributed by atoms with Crippen LogP contribution in [0.4, 0.5) is 0 Å². The minimum absolute atomic E-state index is 0.0721. The van der Waals surface area contributed by atoms with Crippen molar-refractivity contribution in [3.63, 3.8) is 0 Å². The highest BCUT2D eigenvalue weighted by atomic mass is 31.2. The van der Waals surface area contributed by atoms with Crippen LogP contribution in [0.3, 0.4) is 0 Å². The van der Waals surface area contributed by atoms with E-state index in [9.17, 15) is 43.2 Å². The number of phosphoric ester groups is 2. The topological polar surface area (TPSA) is 237 Å². The van der Waals surface area contributed by atoms with Gasteiger partial charge in [-0.1, -0.05) is 273 Å². The Balaban J connectivity index is 5.33. The molecule has 17 nitrogen and oxygen atoms in total. The molecule has 0 spiro atoms.